The summed E-state index contributed by atoms with van der Waals surface area (Å²) in [6.45, 7) is 7.40. The van der Waals surface area contributed by atoms with Gasteiger partial charge < -0.3 is 29.0 Å². The molecule has 5 rings (SSSR count). The van der Waals surface area contributed by atoms with Gasteiger partial charge in [-0.15, -0.1) is 0 Å². The fraction of sp³-hybridized carbons (Fsp3) is 0.462. The molecule has 0 atom stereocenters. The van der Waals surface area contributed by atoms with E-state index < -0.39 is 0 Å². The third-order valence-corrected chi connectivity index (χ3v) is 6.81. The van der Waals surface area contributed by atoms with Gasteiger partial charge in [0.05, 0.1) is 24.5 Å². The zero-order chi connectivity index (χ0) is 23.5. The van der Waals surface area contributed by atoms with E-state index in [9.17, 15) is 4.79 Å². The first-order chi connectivity index (χ1) is 16.6. The number of piperidine rings is 1. The molecule has 2 aliphatic rings. The molecule has 0 spiro atoms. The van der Waals surface area contributed by atoms with E-state index >= 15 is 0 Å². The number of hydrogen-bond donors (Lipinski definition) is 1. The van der Waals surface area contributed by atoms with Crippen molar-refractivity contribution in [1.29, 1.82) is 0 Å². The van der Waals surface area contributed by atoms with Gasteiger partial charge in [0.2, 0.25) is 0 Å². The number of ether oxygens (including phenoxy) is 3. The third kappa shape index (κ3) is 4.88. The van der Waals surface area contributed by atoms with Crippen LogP contribution in [-0.4, -0.2) is 60.5 Å². The Balaban J connectivity index is 0.00000289. The topological polar surface area (TPSA) is 77.9 Å². The Hall–Kier alpha value is -3.10. The number of fused-ring (bicyclic) bond motifs is 2. The molecular weight excluding hydrogens is 432 g/mol. The maximum Gasteiger partial charge on any atom is 0.251 e. The van der Waals surface area contributed by atoms with Crippen LogP contribution in [0.2, 0.25) is 0 Å². The number of methoxy groups -OCH3 is 1. The molecule has 8 nitrogen and oxygen atoms in total. The first kappa shape index (κ1) is 22.7. The van der Waals surface area contributed by atoms with Crippen LogP contribution >= 0.6 is 0 Å². The summed E-state index contributed by atoms with van der Waals surface area (Å²) < 4.78 is 18.5. The first-order valence-electron chi connectivity index (χ1n) is 12.0. The van der Waals surface area contributed by atoms with Crippen molar-refractivity contribution in [3.05, 3.63) is 58.1 Å². The molecule has 1 aromatic carbocycles. The van der Waals surface area contributed by atoms with Gasteiger partial charge in [-0.3, -0.25) is 9.78 Å². The zero-order valence-electron chi connectivity index (χ0n) is 19.9. The molecule has 34 heavy (non-hydrogen) atoms. The quantitative estimate of drug-likeness (QED) is 0.574. The summed E-state index contributed by atoms with van der Waals surface area (Å²) >= 11 is 0. The Labute approximate surface area is 200 Å². The second-order valence-electron chi connectivity index (χ2n) is 9.02. The molecule has 0 unspecified atom stereocenters. The van der Waals surface area contributed by atoms with Crippen LogP contribution in [0.4, 0.5) is 0 Å². The van der Waals surface area contributed by atoms with Crippen LogP contribution in [0.3, 0.4) is 0 Å². The van der Waals surface area contributed by atoms with Crippen molar-refractivity contribution in [2.75, 3.05) is 40.0 Å². The lowest BCUT2D eigenvalue weighted by molar-refractivity contribution is 0.170. The molecule has 1 N–H and O–H groups in total. The SMILES string of the molecule is COc1ccc2c(C)cc(=O)n(CCN3CCC(NCc4cc5c(cn4)OCCO5)CC3)c2c1.[HH]. The normalized spacial score (nSPS) is 16.6. The Kier molecular flexibility index (Phi) is 6.69. The Morgan fingerprint density at radius 1 is 1.12 bits per heavy atom. The third-order valence-electron chi connectivity index (χ3n) is 6.81. The molecule has 0 radical (unpaired) electrons. The number of nitrogens with zero attached hydrogens (tertiary/aromatic N) is 3. The van der Waals surface area contributed by atoms with Gasteiger partial charge in [0.1, 0.15) is 19.0 Å². The molecule has 2 aromatic heterocycles. The average Bonchev–Trinajstić information content (AvgIpc) is 2.87. The second-order valence-corrected chi connectivity index (χ2v) is 9.02. The summed E-state index contributed by atoms with van der Waals surface area (Å²) in [5.41, 5.74) is 2.94. The lowest BCUT2D eigenvalue weighted by atomic mass is 10.0. The fourth-order valence-electron chi connectivity index (χ4n) is 4.82. The summed E-state index contributed by atoms with van der Waals surface area (Å²) in [6, 6.07) is 10.1. The number of aryl methyl sites for hydroxylation is 1. The summed E-state index contributed by atoms with van der Waals surface area (Å²) in [5, 5.41) is 4.73. The van der Waals surface area contributed by atoms with Crippen molar-refractivity contribution in [1.82, 2.24) is 19.8 Å². The Morgan fingerprint density at radius 2 is 1.91 bits per heavy atom. The number of hydrogen-bond acceptors (Lipinski definition) is 7. The predicted octanol–water partition coefficient (Wildman–Crippen LogP) is 2.98. The van der Waals surface area contributed by atoms with Crippen LogP contribution < -0.4 is 25.1 Å². The van der Waals surface area contributed by atoms with E-state index in [4.69, 9.17) is 14.2 Å². The maximum atomic E-state index is 12.8. The van der Waals surface area contributed by atoms with Crippen LogP contribution in [0.5, 0.6) is 17.2 Å². The number of benzene rings is 1. The molecule has 0 saturated carbocycles. The largest absolute Gasteiger partial charge is 0.497 e. The van der Waals surface area contributed by atoms with Gasteiger partial charge in [-0.1, -0.05) is 0 Å². The average molecular weight is 467 g/mol. The van der Waals surface area contributed by atoms with Gasteiger partial charge in [0.25, 0.3) is 5.56 Å². The van der Waals surface area contributed by atoms with Crippen LogP contribution in [0.1, 0.15) is 25.5 Å². The molecular formula is C26H34N4O4. The highest BCUT2D eigenvalue weighted by molar-refractivity contribution is 5.83. The fourth-order valence-corrected chi connectivity index (χ4v) is 4.82. The molecule has 1 fully saturated rings. The highest BCUT2D eigenvalue weighted by atomic mass is 16.6. The van der Waals surface area contributed by atoms with Crippen molar-refractivity contribution in [3.63, 3.8) is 0 Å². The second kappa shape index (κ2) is 10.0. The predicted molar refractivity (Wildman–Crippen MR) is 133 cm³/mol. The van der Waals surface area contributed by atoms with Gasteiger partial charge in [-0.2, -0.15) is 0 Å². The van der Waals surface area contributed by atoms with Gasteiger partial charge in [-0.25, -0.2) is 0 Å². The standard InChI is InChI=1S/C26H32N4O4.H2/c1-18-13-26(31)30(23-15-21(32-2)3-4-22(18)23)10-9-29-7-5-19(6-8-29)27-16-20-14-24-25(17-28-20)34-12-11-33-24;/h3-4,13-15,17,19,27H,5-12,16H2,1-2H3;1H. The number of likely N-dealkylation sites (tertiary alicyclic amines) is 1. The van der Waals surface area contributed by atoms with Gasteiger partial charge in [0.15, 0.2) is 11.5 Å². The monoisotopic (exact) mass is 466 g/mol. The summed E-state index contributed by atoms with van der Waals surface area (Å²) in [7, 11) is 1.65. The van der Waals surface area contributed by atoms with E-state index in [1.807, 2.05) is 35.8 Å². The Bertz CT molecular complexity index is 1220. The van der Waals surface area contributed by atoms with Crippen molar-refractivity contribution in [3.8, 4) is 17.2 Å². The van der Waals surface area contributed by atoms with Crippen molar-refractivity contribution < 1.29 is 15.6 Å². The first-order valence-corrected chi connectivity index (χ1v) is 12.0. The van der Waals surface area contributed by atoms with E-state index in [2.05, 4.69) is 15.2 Å². The molecule has 0 bridgehead atoms. The van der Waals surface area contributed by atoms with E-state index in [0.29, 0.717) is 32.3 Å². The van der Waals surface area contributed by atoms with Crippen molar-refractivity contribution >= 4 is 10.9 Å². The van der Waals surface area contributed by atoms with E-state index in [1.54, 1.807) is 19.4 Å². The van der Waals surface area contributed by atoms with Gasteiger partial charge in [-0.05, 0) is 50.6 Å². The van der Waals surface area contributed by atoms with Crippen LogP contribution in [0.25, 0.3) is 10.9 Å². The summed E-state index contributed by atoms with van der Waals surface area (Å²) in [6.07, 6.45) is 3.89. The molecule has 4 heterocycles. The van der Waals surface area contributed by atoms with Crippen LogP contribution in [0, 0.1) is 6.92 Å². The molecule has 0 amide bonds. The molecule has 1 saturated heterocycles. The molecule has 182 valence electrons. The maximum absolute atomic E-state index is 12.8. The molecule has 2 aliphatic heterocycles. The van der Waals surface area contributed by atoms with Crippen LogP contribution in [0.15, 0.2) is 41.3 Å². The highest BCUT2D eigenvalue weighted by Crippen LogP contribution is 2.29. The lowest BCUT2D eigenvalue weighted by Gasteiger charge is -2.32. The molecule has 8 heteroatoms. The molecule has 0 aliphatic carbocycles. The lowest BCUT2D eigenvalue weighted by Crippen LogP contribution is -2.43. The minimum Gasteiger partial charge on any atom is -0.497 e. The summed E-state index contributed by atoms with van der Waals surface area (Å²) in [4.78, 5) is 19.7. The minimum absolute atomic E-state index is 0. The van der Waals surface area contributed by atoms with Crippen molar-refractivity contribution in [2.45, 2.75) is 38.9 Å². The number of pyridine rings is 2. The van der Waals surface area contributed by atoms with Crippen molar-refractivity contribution in [2.24, 2.45) is 0 Å². The van der Waals surface area contributed by atoms with E-state index in [0.717, 1.165) is 71.9 Å². The smallest absolute Gasteiger partial charge is 0.251 e. The number of nitrogens with one attached hydrogen (secondary N) is 1. The Morgan fingerprint density at radius 3 is 2.71 bits per heavy atom. The van der Waals surface area contributed by atoms with Gasteiger partial charge >= 0.3 is 0 Å². The highest BCUT2D eigenvalue weighted by Gasteiger charge is 2.20. The van der Waals surface area contributed by atoms with Gasteiger partial charge in [0, 0.05) is 50.7 Å². The molecule has 3 aromatic rings. The van der Waals surface area contributed by atoms with E-state index in [1.165, 1.54) is 0 Å². The zero-order valence-corrected chi connectivity index (χ0v) is 19.9. The number of aromatic nitrogens is 2. The minimum atomic E-state index is 0. The van der Waals surface area contributed by atoms with E-state index in [-0.39, 0.29) is 6.99 Å². The van der Waals surface area contributed by atoms with Crippen LogP contribution in [-0.2, 0) is 13.1 Å². The number of rotatable bonds is 7. The summed E-state index contributed by atoms with van der Waals surface area (Å²) in [5.74, 6) is 2.28.